The van der Waals surface area contributed by atoms with E-state index in [2.05, 4.69) is 12.2 Å². The van der Waals surface area contributed by atoms with Gasteiger partial charge in [-0.15, -0.1) is 0 Å². The third-order valence-corrected chi connectivity index (χ3v) is 4.53. The summed E-state index contributed by atoms with van der Waals surface area (Å²) in [5.74, 6) is 0.0775. The number of rotatable bonds is 3. The van der Waals surface area contributed by atoms with Crippen LogP contribution >= 0.6 is 11.6 Å². The first-order valence-corrected chi connectivity index (χ1v) is 8.73. The van der Waals surface area contributed by atoms with Crippen LogP contribution in [0.15, 0.2) is 18.2 Å². The van der Waals surface area contributed by atoms with Crippen molar-refractivity contribution in [3.63, 3.8) is 0 Å². The lowest BCUT2D eigenvalue weighted by Crippen LogP contribution is -2.44. The summed E-state index contributed by atoms with van der Waals surface area (Å²) in [4.78, 5) is 13.9. The van der Waals surface area contributed by atoms with Crippen LogP contribution in [-0.2, 0) is 4.74 Å². The fraction of sp³-hybridized carbons (Fsp3) is 0.611. The molecule has 1 aromatic rings. The van der Waals surface area contributed by atoms with Crippen LogP contribution in [0.25, 0.3) is 0 Å². The van der Waals surface area contributed by atoms with Crippen molar-refractivity contribution in [3.05, 3.63) is 29.0 Å². The Kier molecular flexibility index (Phi) is 5.97. The van der Waals surface area contributed by atoms with E-state index >= 15 is 0 Å². The lowest BCUT2D eigenvalue weighted by Gasteiger charge is -2.36. The van der Waals surface area contributed by atoms with Crippen molar-refractivity contribution in [1.82, 2.24) is 4.90 Å². The van der Waals surface area contributed by atoms with E-state index in [1.165, 1.54) is 12.1 Å². The Balaban J connectivity index is 1.86. The summed E-state index contributed by atoms with van der Waals surface area (Å²) >= 11 is 6.07. The third-order valence-electron chi connectivity index (χ3n) is 4.21. The lowest BCUT2D eigenvalue weighted by atomic mass is 9.90. The smallest absolute Gasteiger partial charge is 0.410 e. The minimum atomic E-state index is -0.470. The van der Waals surface area contributed by atoms with Crippen LogP contribution < -0.4 is 5.32 Å². The number of nitrogens with zero attached hydrogens (tertiary/aromatic N) is 1. The summed E-state index contributed by atoms with van der Waals surface area (Å²) in [7, 11) is 0. The van der Waals surface area contributed by atoms with Gasteiger partial charge in [0.05, 0.1) is 10.7 Å². The Bertz CT molecular complexity index is 581. The van der Waals surface area contributed by atoms with Crippen molar-refractivity contribution >= 4 is 23.4 Å². The van der Waals surface area contributed by atoms with Gasteiger partial charge in [0.25, 0.3) is 0 Å². The van der Waals surface area contributed by atoms with Gasteiger partial charge in [-0.2, -0.15) is 0 Å². The third kappa shape index (κ3) is 5.26. The SMILES string of the molecule is CC(Nc1ccc(F)cc1Cl)C1CCN(C(=O)OC(C)(C)C)CC1. The topological polar surface area (TPSA) is 41.6 Å². The zero-order chi connectivity index (χ0) is 17.9. The summed E-state index contributed by atoms with van der Waals surface area (Å²) in [5.41, 5.74) is 0.266. The maximum atomic E-state index is 13.1. The first-order chi connectivity index (χ1) is 11.2. The van der Waals surface area contributed by atoms with Crippen LogP contribution in [0.5, 0.6) is 0 Å². The number of hydrogen-bond donors (Lipinski definition) is 1. The van der Waals surface area contributed by atoms with Crippen LogP contribution in [0, 0.1) is 11.7 Å². The first kappa shape index (κ1) is 18.8. The average Bonchev–Trinajstić information content (AvgIpc) is 2.48. The number of piperidine rings is 1. The molecular weight excluding hydrogens is 331 g/mol. The van der Waals surface area contributed by atoms with Gasteiger partial charge in [0.15, 0.2) is 0 Å². The Morgan fingerprint density at radius 3 is 2.54 bits per heavy atom. The predicted molar refractivity (Wildman–Crippen MR) is 95.0 cm³/mol. The van der Waals surface area contributed by atoms with E-state index in [4.69, 9.17) is 16.3 Å². The Morgan fingerprint density at radius 2 is 2.00 bits per heavy atom. The van der Waals surface area contributed by atoms with E-state index in [1.54, 1.807) is 11.0 Å². The molecule has 1 heterocycles. The highest BCUT2D eigenvalue weighted by Crippen LogP contribution is 2.28. The van der Waals surface area contributed by atoms with E-state index in [0.717, 1.165) is 18.5 Å². The molecule has 1 fully saturated rings. The molecular formula is C18H26ClFN2O2. The average molecular weight is 357 g/mol. The fourth-order valence-corrected chi connectivity index (χ4v) is 3.10. The zero-order valence-corrected chi connectivity index (χ0v) is 15.5. The van der Waals surface area contributed by atoms with Crippen molar-refractivity contribution in [3.8, 4) is 0 Å². The molecule has 134 valence electrons. The van der Waals surface area contributed by atoms with Gasteiger partial charge in [-0.05, 0) is 64.7 Å². The van der Waals surface area contributed by atoms with Gasteiger partial charge in [-0.1, -0.05) is 11.6 Å². The summed E-state index contributed by atoms with van der Waals surface area (Å²) < 4.78 is 18.5. The van der Waals surface area contributed by atoms with Crippen LogP contribution in [0.1, 0.15) is 40.5 Å². The molecule has 0 saturated carbocycles. The molecule has 0 aromatic heterocycles. The van der Waals surface area contributed by atoms with Crippen molar-refractivity contribution in [2.45, 2.75) is 52.2 Å². The number of amides is 1. The van der Waals surface area contributed by atoms with Gasteiger partial charge in [0.2, 0.25) is 0 Å². The van der Waals surface area contributed by atoms with Crippen molar-refractivity contribution < 1.29 is 13.9 Å². The number of ether oxygens (including phenoxy) is 1. The molecule has 1 atom stereocenters. The van der Waals surface area contributed by atoms with Gasteiger partial charge in [0, 0.05) is 19.1 Å². The van der Waals surface area contributed by atoms with Crippen LogP contribution in [0.2, 0.25) is 5.02 Å². The predicted octanol–water partition coefficient (Wildman–Crippen LogP) is 4.93. The molecule has 0 bridgehead atoms. The molecule has 0 aliphatic carbocycles. The van der Waals surface area contributed by atoms with Gasteiger partial charge >= 0.3 is 6.09 Å². The van der Waals surface area contributed by atoms with Gasteiger partial charge < -0.3 is 15.0 Å². The molecule has 1 N–H and O–H groups in total. The van der Waals surface area contributed by atoms with Crippen LogP contribution in [0.3, 0.4) is 0 Å². The van der Waals surface area contributed by atoms with E-state index in [1.807, 2.05) is 20.8 Å². The van der Waals surface area contributed by atoms with Crippen molar-refractivity contribution in [2.24, 2.45) is 5.92 Å². The molecule has 1 unspecified atom stereocenters. The maximum Gasteiger partial charge on any atom is 0.410 e. The second-order valence-corrected chi connectivity index (χ2v) is 7.77. The molecule has 1 amide bonds. The zero-order valence-electron chi connectivity index (χ0n) is 14.7. The lowest BCUT2D eigenvalue weighted by molar-refractivity contribution is 0.0179. The number of likely N-dealkylation sites (tertiary alicyclic amines) is 1. The molecule has 1 aliphatic rings. The molecule has 24 heavy (non-hydrogen) atoms. The molecule has 1 aliphatic heterocycles. The fourth-order valence-electron chi connectivity index (χ4n) is 2.88. The van der Waals surface area contributed by atoms with Crippen LogP contribution in [-0.4, -0.2) is 35.7 Å². The largest absolute Gasteiger partial charge is 0.444 e. The highest BCUT2D eigenvalue weighted by Gasteiger charge is 2.29. The van der Waals surface area contributed by atoms with Gasteiger partial charge in [0.1, 0.15) is 11.4 Å². The van der Waals surface area contributed by atoms with Crippen molar-refractivity contribution in [1.29, 1.82) is 0 Å². The van der Waals surface area contributed by atoms with Crippen molar-refractivity contribution in [2.75, 3.05) is 18.4 Å². The molecule has 1 aromatic carbocycles. The Labute approximate surface area is 148 Å². The standard InChI is InChI=1S/C18H26ClFN2O2/c1-12(21-16-6-5-14(20)11-15(16)19)13-7-9-22(10-8-13)17(23)24-18(2,3)4/h5-6,11-13,21H,7-10H2,1-4H3. The molecule has 0 radical (unpaired) electrons. The number of hydrogen-bond acceptors (Lipinski definition) is 3. The highest BCUT2D eigenvalue weighted by atomic mass is 35.5. The summed E-state index contributed by atoms with van der Waals surface area (Å²) in [6.07, 6.45) is 1.54. The number of anilines is 1. The Hall–Kier alpha value is -1.49. The number of halogens is 2. The Morgan fingerprint density at radius 1 is 1.38 bits per heavy atom. The van der Waals surface area contributed by atoms with Gasteiger partial charge in [-0.3, -0.25) is 0 Å². The number of nitrogens with one attached hydrogen (secondary N) is 1. The van der Waals surface area contributed by atoms with E-state index in [9.17, 15) is 9.18 Å². The second-order valence-electron chi connectivity index (χ2n) is 7.36. The normalized spacial score (nSPS) is 17.5. The molecule has 6 heteroatoms. The molecule has 4 nitrogen and oxygen atoms in total. The molecule has 1 saturated heterocycles. The maximum absolute atomic E-state index is 13.1. The number of carbonyl (C=O) groups is 1. The summed E-state index contributed by atoms with van der Waals surface area (Å²) in [6, 6.07) is 4.55. The minimum Gasteiger partial charge on any atom is -0.444 e. The summed E-state index contributed by atoms with van der Waals surface area (Å²) in [5, 5.41) is 3.74. The molecule has 0 spiro atoms. The highest BCUT2D eigenvalue weighted by molar-refractivity contribution is 6.33. The second kappa shape index (κ2) is 7.60. The quantitative estimate of drug-likeness (QED) is 0.835. The monoisotopic (exact) mass is 356 g/mol. The van der Waals surface area contributed by atoms with E-state index < -0.39 is 5.60 Å². The number of benzene rings is 1. The van der Waals surface area contributed by atoms with Gasteiger partial charge in [-0.25, -0.2) is 9.18 Å². The first-order valence-electron chi connectivity index (χ1n) is 8.35. The minimum absolute atomic E-state index is 0.189. The number of carbonyl (C=O) groups excluding carboxylic acids is 1. The van der Waals surface area contributed by atoms with E-state index in [-0.39, 0.29) is 18.0 Å². The summed E-state index contributed by atoms with van der Waals surface area (Å²) in [6.45, 7) is 9.07. The molecule has 2 rings (SSSR count). The van der Waals surface area contributed by atoms with E-state index in [0.29, 0.717) is 24.0 Å². The van der Waals surface area contributed by atoms with Crippen LogP contribution in [0.4, 0.5) is 14.9 Å².